The predicted octanol–water partition coefficient (Wildman–Crippen LogP) is 1.55. The quantitative estimate of drug-likeness (QED) is 0.837. The van der Waals surface area contributed by atoms with Gasteiger partial charge in [0.2, 0.25) is 0 Å². The van der Waals surface area contributed by atoms with Crippen LogP contribution in [-0.2, 0) is 11.2 Å². The molecule has 1 N–H and O–H groups in total. The largest absolute Gasteiger partial charge is 0.481 e. The van der Waals surface area contributed by atoms with Crippen molar-refractivity contribution in [2.75, 3.05) is 18.0 Å². The summed E-state index contributed by atoms with van der Waals surface area (Å²) in [6.07, 6.45) is 0.0673. The molecule has 4 heteroatoms. The average molecular weight is 218 g/mol. The molecule has 1 aliphatic heterocycles. The van der Waals surface area contributed by atoms with E-state index in [4.69, 9.17) is 5.11 Å². The van der Waals surface area contributed by atoms with Crippen LogP contribution in [0.15, 0.2) is 29.3 Å². The zero-order chi connectivity index (χ0) is 11.5. The summed E-state index contributed by atoms with van der Waals surface area (Å²) in [5.74, 6) is 0.191. The molecule has 0 unspecified atom stereocenters. The monoisotopic (exact) mass is 218 g/mol. The first kappa shape index (κ1) is 10.7. The van der Waals surface area contributed by atoms with Gasteiger partial charge in [0.1, 0.15) is 5.84 Å². The van der Waals surface area contributed by atoms with Crippen LogP contribution >= 0.6 is 0 Å². The highest BCUT2D eigenvalue weighted by Crippen LogP contribution is 2.19. The summed E-state index contributed by atoms with van der Waals surface area (Å²) in [7, 11) is 0. The van der Waals surface area contributed by atoms with Crippen LogP contribution in [0, 0.1) is 0 Å². The van der Waals surface area contributed by atoms with Gasteiger partial charge in [-0.05, 0) is 24.6 Å². The first-order valence-electron chi connectivity index (χ1n) is 5.26. The van der Waals surface area contributed by atoms with Crippen LogP contribution in [0.1, 0.15) is 12.5 Å². The molecule has 4 nitrogen and oxygen atoms in total. The number of hydrogen-bond donors (Lipinski definition) is 1. The van der Waals surface area contributed by atoms with Crippen molar-refractivity contribution in [2.45, 2.75) is 13.3 Å². The number of carboxylic acids is 1. The number of aliphatic carboxylic acids is 1. The zero-order valence-corrected chi connectivity index (χ0v) is 9.18. The lowest BCUT2D eigenvalue weighted by Gasteiger charge is -2.18. The number of carboxylic acid groups (broad SMARTS) is 1. The second-order valence-electron chi connectivity index (χ2n) is 3.82. The number of benzene rings is 1. The van der Waals surface area contributed by atoms with Crippen LogP contribution < -0.4 is 4.90 Å². The van der Waals surface area contributed by atoms with E-state index in [0.29, 0.717) is 0 Å². The Hall–Kier alpha value is -1.84. The lowest BCUT2D eigenvalue weighted by Crippen LogP contribution is -2.24. The van der Waals surface area contributed by atoms with Crippen molar-refractivity contribution in [1.29, 1.82) is 0 Å². The second kappa shape index (κ2) is 4.35. The first-order chi connectivity index (χ1) is 7.66. The SMILES string of the molecule is CC1=NCCN1c1cccc(CC(=O)O)c1. The third kappa shape index (κ3) is 2.21. The molecule has 0 radical (unpaired) electrons. The van der Waals surface area contributed by atoms with Crippen LogP contribution in [-0.4, -0.2) is 30.0 Å². The number of hydrogen-bond acceptors (Lipinski definition) is 3. The second-order valence-corrected chi connectivity index (χ2v) is 3.82. The predicted molar refractivity (Wildman–Crippen MR) is 63.1 cm³/mol. The fourth-order valence-electron chi connectivity index (χ4n) is 1.88. The molecule has 0 atom stereocenters. The Morgan fingerprint density at radius 3 is 3.00 bits per heavy atom. The Labute approximate surface area is 94.2 Å². The Morgan fingerprint density at radius 2 is 2.38 bits per heavy atom. The van der Waals surface area contributed by atoms with E-state index in [-0.39, 0.29) is 6.42 Å². The number of aliphatic imine (C=N–C) groups is 1. The number of nitrogens with zero attached hydrogens (tertiary/aromatic N) is 2. The maximum Gasteiger partial charge on any atom is 0.307 e. The summed E-state index contributed by atoms with van der Waals surface area (Å²) in [5.41, 5.74) is 1.85. The summed E-state index contributed by atoms with van der Waals surface area (Å²) in [4.78, 5) is 17.0. The maximum absolute atomic E-state index is 10.6. The normalized spacial score (nSPS) is 15.1. The van der Waals surface area contributed by atoms with Crippen molar-refractivity contribution < 1.29 is 9.90 Å². The van der Waals surface area contributed by atoms with Gasteiger partial charge in [-0.2, -0.15) is 0 Å². The Kier molecular flexibility index (Phi) is 2.90. The minimum absolute atomic E-state index is 0.0673. The van der Waals surface area contributed by atoms with Crippen molar-refractivity contribution in [1.82, 2.24) is 0 Å². The van der Waals surface area contributed by atoms with Crippen LogP contribution in [0.2, 0.25) is 0 Å². The maximum atomic E-state index is 10.6. The van der Waals surface area contributed by atoms with E-state index in [0.717, 1.165) is 30.2 Å². The van der Waals surface area contributed by atoms with Gasteiger partial charge < -0.3 is 10.0 Å². The van der Waals surface area contributed by atoms with Crippen molar-refractivity contribution in [2.24, 2.45) is 4.99 Å². The molecule has 0 spiro atoms. The molecule has 0 fully saturated rings. The highest BCUT2D eigenvalue weighted by atomic mass is 16.4. The minimum atomic E-state index is -0.802. The molecule has 16 heavy (non-hydrogen) atoms. The van der Waals surface area contributed by atoms with Gasteiger partial charge in [0.25, 0.3) is 0 Å². The van der Waals surface area contributed by atoms with Gasteiger partial charge in [-0.15, -0.1) is 0 Å². The van der Waals surface area contributed by atoms with Crippen LogP contribution in [0.4, 0.5) is 5.69 Å². The van der Waals surface area contributed by atoms with E-state index in [9.17, 15) is 4.79 Å². The minimum Gasteiger partial charge on any atom is -0.481 e. The lowest BCUT2D eigenvalue weighted by atomic mass is 10.1. The van der Waals surface area contributed by atoms with E-state index in [1.54, 1.807) is 0 Å². The molecule has 1 heterocycles. The molecule has 84 valence electrons. The molecular weight excluding hydrogens is 204 g/mol. The van der Waals surface area contributed by atoms with Crippen molar-refractivity contribution in [3.8, 4) is 0 Å². The van der Waals surface area contributed by atoms with Crippen LogP contribution in [0.25, 0.3) is 0 Å². The third-order valence-corrected chi connectivity index (χ3v) is 2.63. The van der Waals surface area contributed by atoms with E-state index in [1.165, 1.54) is 0 Å². The molecule has 0 aliphatic carbocycles. The molecule has 0 aromatic heterocycles. The molecule has 0 bridgehead atoms. The molecule has 1 aromatic rings. The Bertz CT molecular complexity index is 440. The van der Waals surface area contributed by atoms with Gasteiger partial charge in [0.15, 0.2) is 0 Å². The highest BCUT2D eigenvalue weighted by molar-refractivity contribution is 5.97. The topological polar surface area (TPSA) is 52.9 Å². The molecule has 2 rings (SSSR count). The van der Waals surface area contributed by atoms with E-state index in [2.05, 4.69) is 9.89 Å². The van der Waals surface area contributed by atoms with Gasteiger partial charge in [-0.3, -0.25) is 9.79 Å². The Morgan fingerprint density at radius 1 is 1.56 bits per heavy atom. The standard InChI is InChI=1S/C12H14N2O2/c1-9-13-5-6-14(9)11-4-2-3-10(7-11)8-12(15)16/h2-4,7H,5-6,8H2,1H3,(H,15,16). The first-order valence-corrected chi connectivity index (χ1v) is 5.26. The van der Waals surface area contributed by atoms with Gasteiger partial charge >= 0.3 is 5.97 Å². The fourth-order valence-corrected chi connectivity index (χ4v) is 1.88. The van der Waals surface area contributed by atoms with Crippen molar-refractivity contribution >= 4 is 17.5 Å². The van der Waals surface area contributed by atoms with Crippen molar-refractivity contribution in [3.63, 3.8) is 0 Å². The van der Waals surface area contributed by atoms with Crippen molar-refractivity contribution in [3.05, 3.63) is 29.8 Å². The lowest BCUT2D eigenvalue weighted by molar-refractivity contribution is -0.136. The van der Waals surface area contributed by atoms with E-state index < -0.39 is 5.97 Å². The van der Waals surface area contributed by atoms with Gasteiger partial charge in [0.05, 0.1) is 13.0 Å². The molecule has 1 aromatic carbocycles. The fraction of sp³-hybridized carbons (Fsp3) is 0.333. The molecule has 0 saturated heterocycles. The van der Waals surface area contributed by atoms with Crippen LogP contribution in [0.5, 0.6) is 0 Å². The summed E-state index contributed by atoms with van der Waals surface area (Å²) in [6.45, 7) is 3.66. The highest BCUT2D eigenvalue weighted by Gasteiger charge is 2.14. The number of amidine groups is 1. The van der Waals surface area contributed by atoms with Crippen LogP contribution in [0.3, 0.4) is 0 Å². The van der Waals surface area contributed by atoms with Gasteiger partial charge in [-0.1, -0.05) is 12.1 Å². The zero-order valence-electron chi connectivity index (χ0n) is 9.18. The number of anilines is 1. The summed E-state index contributed by atoms with van der Waals surface area (Å²) >= 11 is 0. The summed E-state index contributed by atoms with van der Waals surface area (Å²) < 4.78 is 0. The third-order valence-electron chi connectivity index (χ3n) is 2.63. The summed E-state index contributed by atoms with van der Waals surface area (Å²) in [5, 5.41) is 8.74. The number of carbonyl (C=O) groups is 1. The number of rotatable bonds is 3. The van der Waals surface area contributed by atoms with Gasteiger partial charge in [-0.25, -0.2) is 0 Å². The molecule has 0 amide bonds. The smallest absolute Gasteiger partial charge is 0.307 e. The molecular formula is C12H14N2O2. The van der Waals surface area contributed by atoms with E-state index >= 15 is 0 Å². The van der Waals surface area contributed by atoms with E-state index in [1.807, 2.05) is 31.2 Å². The van der Waals surface area contributed by atoms with Gasteiger partial charge in [0, 0.05) is 12.2 Å². The molecule has 0 saturated carbocycles. The average Bonchev–Trinajstić information content (AvgIpc) is 2.64. The summed E-state index contributed by atoms with van der Waals surface area (Å²) in [6, 6.07) is 7.62. The molecule has 1 aliphatic rings. The Balaban J connectivity index is 2.22.